The number of carbonyl (C=O) groups excluding carboxylic acids is 1. The van der Waals surface area contributed by atoms with Gasteiger partial charge in [-0.05, 0) is 47.2 Å². The van der Waals surface area contributed by atoms with E-state index >= 15 is 0 Å². The molecular weight excluding hydrogens is 322 g/mol. The Hall–Kier alpha value is -0.790. The molecule has 1 rings (SSSR count). The highest BCUT2D eigenvalue weighted by molar-refractivity contribution is 14.1. The first-order valence-electron chi connectivity index (χ1n) is 3.90. The summed E-state index contributed by atoms with van der Waals surface area (Å²) < 4.78 is 37.3. The summed E-state index contributed by atoms with van der Waals surface area (Å²) in [6, 6.07) is 1.83. The third-order valence-corrected chi connectivity index (χ3v) is 2.71. The summed E-state index contributed by atoms with van der Waals surface area (Å²) in [6.07, 6.45) is -4.40. The summed E-state index contributed by atoms with van der Waals surface area (Å²) in [6.45, 7) is 1.43. The van der Waals surface area contributed by atoms with Gasteiger partial charge < -0.3 is 5.73 Å². The van der Waals surface area contributed by atoms with Gasteiger partial charge in [0.1, 0.15) is 0 Å². The molecule has 1 amide bonds. The van der Waals surface area contributed by atoms with E-state index < -0.39 is 17.6 Å². The van der Waals surface area contributed by atoms with Crippen molar-refractivity contribution in [1.82, 2.24) is 0 Å². The lowest BCUT2D eigenvalue weighted by Crippen LogP contribution is -2.16. The summed E-state index contributed by atoms with van der Waals surface area (Å²) >= 11 is 1.67. The SMILES string of the molecule is Cc1cc(C(F)(F)F)cc(I)c1C(N)=O. The Bertz CT molecular complexity index is 391. The van der Waals surface area contributed by atoms with Crippen LogP contribution in [0.3, 0.4) is 0 Å². The van der Waals surface area contributed by atoms with E-state index in [9.17, 15) is 18.0 Å². The van der Waals surface area contributed by atoms with Crippen molar-refractivity contribution in [3.8, 4) is 0 Å². The predicted octanol–water partition coefficient (Wildman–Crippen LogP) is 2.72. The van der Waals surface area contributed by atoms with Crippen molar-refractivity contribution in [2.24, 2.45) is 5.73 Å². The molecule has 0 spiro atoms. The zero-order chi connectivity index (χ0) is 11.8. The van der Waals surface area contributed by atoms with E-state index in [2.05, 4.69) is 0 Å². The molecule has 0 unspecified atom stereocenters. The molecule has 1 aromatic carbocycles. The summed E-state index contributed by atoms with van der Waals surface area (Å²) in [5.74, 6) is -0.717. The van der Waals surface area contributed by atoms with Crippen LogP contribution in [0.4, 0.5) is 13.2 Å². The molecule has 0 aliphatic carbocycles. The van der Waals surface area contributed by atoms with E-state index in [4.69, 9.17) is 5.73 Å². The molecule has 0 heterocycles. The molecule has 0 aliphatic rings. The molecule has 0 saturated heterocycles. The van der Waals surface area contributed by atoms with Crippen LogP contribution in [-0.2, 0) is 6.18 Å². The topological polar surface area (TPSA) is 43.1 Å². The van der Waals surface area contributed by atoms with Crippen molar-refractivity contribution in [3.05, 3.63) is 32.4 Å². The highest BCUT2D eigenvalue weighted by Crippen LogP contribution is 2.32. The minimum atomic E-state index is -4.40. The van der Waals surface area contributed by atoms with Gasteiger partial charge in [0.05, 0.1) is 11.1 Å². The molecule has 0 bridgehead atoms. The number of alkyl halides is 3. The number of amides is 1. The number of nitrogens with two attached hydrogens (primary N) is 1. The largest absolute Gasteiger partial charge is 0.416 e. The zero-order valence-corrected chi connectivity index (χ0v) is 9.81. The summed E-state index contributed by atoms with van der Waals surface area (Å²) in [5.41, 5.74) is 4.66. The van der Waals surface area contributed by atoms with E-state index in [1.165, 1.54) is 6.92 Å². The molecule has 0 saturated carbocycles. The lowest BCUT2D eigenvalue weighted by molar-refractivity contribution is -0.137. The van der Waals surface area contributed by atoms with Crippen molar-refractivity contribution in [2.75, 3.05) is 0 Å². The molecular formula is C9H7F3INO. The van der Waals surface area contributed by atoms with Crippen molar-refractivity contribution in [1.29, 1.82) is 0 Å². The van der Waals surface area contributed by atoms with Gasteiger partial charge in [0.25, 0.3) is 0 Å². The number of benzene rings is 1. The minimum absolute atomic E-state index is 0.142. The van der Waals surface area contributed by atoms with Gasteiger partial charge in [0.15, 0.2) is 0 Å². The third kappa shape index (κ3) is 2.61. The number of carbonyl (C=O) groups is 1. The van der Waals surface area contributed by atoms with Gasteiger partial charge in [-0.2, -0.15) is 13.2 Å². The molecule has 1 aromatic rings. The fourth-order valence-corrected chi connectivity index (χ4v) is 2.25. The number of hydrogen-bond acceptors (Lipinski definition) is 1. The molecule has 0 atom stereocenters. The Morgan fingerprint density at radius 1 is 1.40 bits per heavy atom. The van der Waals surface area contributed by atoms with Gasteiger partial charge >= 0.3 is 6.18 Å². The summed E-state index contributed by atoms with van der Waals surface area (Å²) in [5, 5.41) is 0. The van der Waals surface area contributed by atoms with Crippen LogP contribution in [0.1, 0.15) is 21.5 Å². The smallest absolute Gasteiger partial charge is 0.366 e. The number of primary amides is 1. The van der Waals surface area contributed by atoms with E-state index in [1.54, 1.807) is 22.6 Å². The van der Waals surface area contributed by atoms with Gasteiger partial charge in [0, 0.05) is 3.57 Å². The molecule has 6 heteroatoms. The van der Waals surface area contributed by atoms with Crippen LogP contribution in [0.15, 0.2) is 12.1 Å². The quantitative estimate of drug-likeness (QED) is 0.791. The van der Waals surface area contributed by atoms with Crippen LogP contribution in [0.25, 0.3) is 0 Å². The monoisotopic (exact) mass is 329 g/mol. The second kappa shape index (κ2) is 3.99. The minimum Gasteiger partial charge on any atom is -0.366 e. The molecule has 82 valence electrons. The van der Waals surface area contributed by atoms with E-state index in [0.29, 0.717) is 0 Å². The maximum Gasteiger partial charge on any atom is 0.416 e. The molecule has 0 fully saturated rings. The molecule has 0 aromatic heterocycles. The third-order valence-electron chi connectivity index (χ3n) is 1.86. The Morgan fingerprint density at radius 2 is 1.93 bits per heavy atom. The van der Waals surface area contributed by atoms with Crippen molar-refractivity contribution >= 4 is 28.5 Å². The van der Waals surface area contributed by atoms with Gasteiger partial charge in [0.2, 0.25) is 5.91 Å². The summed E-state index contributed by atoms with van der Waals surface area (Å²) in [4.78, 5) is 10.9. The Balaban J connectivity index is 3.39. The second-order valence-corrected chi connectivity index (χ2v) is 4.17. The second-order valence-electron chi connectivity index (χ2n) is 3.01. The van der Waals surface area contributed by atoms with E-state index in [1.807, 2.05) is 0 Å². The first-order valence-corrected chi connectivity index (χ1v) is 4.98. The van der Waals surface area contributed by atoms with Crippen LogP contribution in [0.2, 0.25) is 0 Å². The van der Waals surface area contributed by atoms with Crippen LogP contribution in [0, 0.1) is 10.5 Å². The molecule has 2 N–H and O–H groups in total. The average Bonchev–Trinajstić information content (AvgIpc) is 1.99. The van der Waals surface area contributed by atoms with Crippen LogP contribution in [-0.4, -0.2) is 5.91 Å². The van der Waals surface area contributed by atoms with E-state index in [-0.39, 0.29) is 14.7 Å². The van der Waals surface area contributed by atoms with Crippen LogP contribution >= 0.6 is 22.6 Å². The number of aryl methyl sites for hydroxylation is 1. The van der Waals surface area contributed by atoms with Gasteiger partial charge in [-0.3, -0.25) is 4.79 Å². The fourth-order valence-electron chi connectivity index (χ4n) is 1.22. The van der Waals surface area contributed by atoms with Gasteiger partial charge in [-0.1, -0.05) is 0 Å². The Kier molecular flexibility index (Phi) is 3.27. The van der Waals surface area contributed by atoms with E-state index in [0.717, 1.165) is 12.1 Å². The highest BCUT2D eigenvalue weighted by atomic mass is 127. The fraction of sp³-hybridized carbons (Fsp3) is 0.222. The normalized spacial score (nSPS) is 11.5. The number of rotatable bonds is 1. The van der Waals surface area contributed by atoms with Crippen molar-refractivity contribution in [2.45, 2.75) is 13.1 Å². The predicted molar refractivity (Wildman–Crippen MR) is 57.4 cm³/mol. The summed E-state index contributed by atoms with van der Waals surface area (Å²) in [7, 11) is 0. The highest BCUT2D eigenvalue weighted by Gasteiger charge is 2.31. The molecule has 15 heavy (non-hydrogen) atoms. The average molecular weight is 329 g/mol. The molecule has 0 radical (unpaired) electrons. The van der Waals surface area contributed by atoms with Crippen LogP contribution < -0.4 is 5.73 Å². The number of hydrogen-bond donors (Lipinski definition) is 1. The maximum absolute atomic E-state index is 12.4. The van der Waals surface area contributed by atoms with Gasteiger partial charge in [-0.15, -0.1) is 0 Å². The lowest BCUT2D eigenvalue weighted by Gasteiger charge is -2.11. The first kappa shape index (κ1) is 12.3. The molecule has 0 aliphatic heterocycles. The lowest BCUT2D eigenvalue weighted by atomic mass is 10.0. The standard InChI is InChI=1S/C9H7F3INO/c1-4-2-5(9(10,11)12)3-6(13)7(4)8(14)15/h2-3H,1H3,(H2,14,15). The van der Waals surface area contributed by atoms with Crippen molar-refractivity contribution < 1.29 is 18.0 Å². The van der Waals surface area contributed by atoms with Crippen LogP contribution in [0.5, 0.6) is 0 Å². The maximum atomic E-state index is 12.4. The van der Waals surface area contributed by atoms with Crippen molar-refractivity contribution in [3.63, 3.8) is 0 Å². The number of halogens is 4. The Morgan fingerprint density at radius 3 is 2.27 bits per heavy atom. The molecule has 2 nitrogen and oxygen atoms in total. The van der Waals surface area contributed by atoms with Gasteiger partial charge in [-0.25, -0.2) is 0 Å². The zero-order valence-electron chi connectivity index (χ0n) is 7.65. The Labute approximate surface area is 97.8 Å². The first-order chi connectivity index (χ1) is 6.73.